The Kier molecular flexibility index (Phi) is 4.77. The molecular formula is C23H40O2. The van der Waals surface area contributed by atoms with Crippen molar-refractivity contribution in [3.8, 4) is 0 Å². The molecule has 0 saturated heterocycles. The van der Waals surface area contributed by atoms with E-state index in [1.165, 1.54) is 51.4 Å². The van der Waals surface area contributed by atoms with Gasteiger partial charge in [-0.25, -0.2) is 0 Å². The summed E-state index contributed by atoms with van der Waals surface area (Å²) in [6.45, 7) is 7.40. The molecule has 2 heteroatoms. The van der Waals surface area contributed by atoms with E-state index in [1.807, 2.05) is 0 Å². The maximum absolute atomic E-state index is 11.2. The Hall–Kier alpha value is -0.0800. The largest absolute Gasteiger partial charge is 0.393 e. The average Bonchev–Trinajstić information content (AvgIpc) is 2.91. The number of aliphatic hydroxyl groups is 2. The fourth-order valence-corrected chi connectivity index (χ4v) is 8.23. The predicted molar refractivity (Wildman–Crippen MR) is 102 cm³/mol. The lowest BCUT2D eigenvalue weighted by Gasteiger charge is -2.62. The first-order valence-corrected chi connectivity index (χ1v) is 11.3. The molecule has 4 saturated carbocycles. The molecule has 4 aliphatic rings. The fourth-order valence-electron chi connectivity index (χ4n) is 8.23. The molecule has 0 heterocycles. The molecule has 0 radical (unpaired) electrons. The predicted octanol–water partition coefficient (Wildman–Crippen LogP) is 5.17. The summed E-state index contributed by atoms with van der Waals surface area (Å²) in [4.78, 5) is 0. The minimum Gasteiger partial charge on any atom is -0.393 e. The normalized spacial score (nSPS) is 55.3. The monoisotopic (exact) mass is 348 g/mol. The second-order valence-corrected chi connectivity index (χ2v) is 10.7. The van der Waals surface area contributed by atoms with E-state index in [4.69, 9.17) is 0 Å². The maximum atomic E-state index is 11.2. The van der Waals surface area contributed by atoms with Gasteiger partial charge in [-0.3, -0.25) is 0 Å². The van der Waals surface area contributed by atoms with Crippen LogP contribution in [0.15, 0.2) is 0 Å². The Balaban J connectivity index is 1.59. The molecule has 25 heavy (non-hydrogen) atoms. The summed E-state index contributed by atoms with van der Waals surface area (Å²) in [7, 11) is 0. The Bertz CT molecular complexity index is 490. The highest BCUT2D eigenvalue weighted by Gasteiger charge is 2.62. The van der Waals surface area contributed by atoms with Crippen LogP contribution in [0.3, 0.4) is 0 Å². The minimum absolute atomic E-state index is 0.122. The Morgan fingerprint density at radius 2 is 1.60 bits per heavy atom. The number of fused-ring (bicyclic) bond motifs is 5. The van der Waals surface area contributed by atoms with Gasteiger partial charge in [0.25, 0.3) is 0 Å². The second-order valence-electron chi connectivity index (χ2n) is 10.7. The number of aliphatic hydroxyl groups excluding tert-OH is 2. The summed E-state index contributed by atoms with van der Waals surface area (Å²) in [6, 6.07) is 0. The van der Waals surface area contributed by atoms with Crippen LogP contribution < -0.4 is 0 Å². The van der Waals surface area contributed by atoms with Crippen molar-refractivity contribution in [3.05, 3.63) is 0 Å². The minimum atomic E-state index is -0.124. The summed E-state index contributed by atoms with van der Waals surface area (Å²) in [5, 5.41) is 21.4. The van der Waals surface area contributed by atoms with E-state index >= 15 is 0 Å². The molecule has 0 amide bonds. The molecule has 2 N–H and O–H groups in total. The fraction of sp³-hybridized carbons (Fsp3) is 1.00. The van der Waals surface area contributed by atoms with Crippen LogP contribution in [-0.2, 0) is 0 Å². The van der Waals surface area contributed by atoms with E-state index in [2.05, 4.69) is 20.8 Å². The van der Waals surface area contributed by atoms with Gasteiger partial charge in [0, 0.05) is 0 Å². The summed E-state index contributed by atoms with van der Waals surface area (Å²) >= 11 is 0. The number of unbranched alkanes of at least 4 members (excludes halogenated alkanes) is 1. The van der Waals surface area contributed by atoms with Gasteiger partial charge in [0.2, 0.25) is 0 Å². The van der Waals surface area contributed by atoms with Gasteiger partial charge in [0.1, 0.15) is 0 Å². The van der Waals surface area contributed by atoms with Crippen LogP contribution in [0.25, 0.3) is 0 Å². The second kappa shape index (κ2) is 6.51. The van der Waals surface area contributed by atoms with Gasteiger partial charge >= 0.3 is 0 Å². The molecule has 4 rings (SSSR count). The van der Waals surface area contributed by atoms with Crippen LogP contribution in [0.5, 0.6) is 0 Å². The lowest BCUT2D eigenvalue weighted by molar-refractivity contribution is -0.172. The summed E-state index contributed by atoms with van der Waals surface area (Å²) in [6.07, 6.45) is 13.3. The van der Waals surface area contributed by atoms with Crippen LogP contribution in [0.1, 0.15) is 91.4 Å². The van der Waals surface area contributed by atoms with Crippen molar-refractivity contribution in [2.45, 2.75) is 104 Å². The zero-order valence-electron chi connectivity index (χ0n) is 16.7. The van der Waals surface area contributed by atoms with E-state index in [-0.39, 0.29) is 12.2 Å². The number of hydrogen-bond acceptors (Lipinski definition) is 2. The van der Waals surface area contributed by atoms with Crippen LogP contribution in [0, 0.1) is 40.4 Å². The SMILES string of the molecule is CCCCC1CCC2C3C(O)CC4C[C@H](O)CCC4(C)C3CCC12C. The van der Waals surface area contributed by atoms with Crippen LogP contribution >= 0.6 is 0 Å². The first-order valence-electron chi connectivity index (χ1n) is 11.3. The highest BCUT2D eigenvalue weighted by molar-refractivity contribution is 5.11. The average molecular weight is 349 g/mol. The first-order chi connectivity index (χ1) is 11.9. The lowest BCUT2D eigenvalue weighted by atomic mass is 9.44. The molecule has 0 aliphatic heterocycles. The standard InChI is InChI=1S/C23H40O2/c1-4-5-6-15-7-8-18-21-19(10-12-22(15,18)2)23(3)11-9-17(24)13-16(23)14-20(21)25/h15-21,24-25H,4-14H2,1-3H3/t15?,16?,17-,18?,19?,20?,21?,22?,23?/m1/s1. The van der Waals surface area contributed by atoms with Gasteiger partial charge < -0.3 is 10.2 Å². The molecule has 2 nitrogen and oxygen atoms in total. The van der Waals surface area contributed by atoms with E-state index in [0.717, 1.165) is 31.1 Å². The van der Waals surface area contributed by atoms with Gasteiger partial charge in [0.15, 0.2) is 0 Å². The maximum Gasteiger partial charge on any atom is 0.0577 e. The molecule has 0 bridgehead atoms. The Morgan fingerprint density at radius 3 is 2.36 bits per heavy atom. The van der Waals surface area contributed by atoms with Crippen molar-refractivity contribution < 1.29 is 10.2 Å². The highest BCUT2D eigenvalue weighted by atomic mass is 16.3. The van der Waals surface area contributed by atoms with Gasteiger partial charge in [-0.05, 0) is 98.2 Å². The molecule has 0 spiro atoms. The Labute approximate surface area is 154 Å². The molecule has 0 aromatic carbocycles. The van der Waals surface area contributed by atoms with E-state index < -0.39 is 0 Å². The van der Waals surface area contributed by atoms with Crippen molar-refractivity contribution in [1.29, 1.82) is 0 Å². The third-order valence-electron chi connectivity index (χ3n) is 9.76. The molecular weight excluding hydrogens is 308 g/mol. The van der Waals surface area contributed by atoms with Gasteiger partial charge in [0.05, 0.1) is 12.2 Å². The molecule has 4 fully saturated rings. The molecule has 8 unspecified atom stereocenters. The lowest BCUT2D eigenvalue weighted by Crippen LogP contribution is -2.58. The molecule has 4 aliphatic carbocycles. The first kappa shape index (κ1) is 18.3. The smallest absolute Gasteiger partial charge is 0.0577 e. The van der Waals surface area contributed by atoms with Crippen molar-refractivity contribution in [3.63, 3.8) is 0 Å². The van der Waals surface area contributed by atoms with Gasteiger partial charge in [-0.2, -0.15) is 0 Å². The van der Waals surface area contributed by atoms with Crippen molar-refractivity contribution in [2.75, 3.05) is 0 Å². The van der Waals surface area contributed by atoms with E-state index in [0.29, 0.717) is 28.6 Å². The summed E-state index contributed by atoms with van der Waals surface area (Å²) in [5.74, 6) is 3.39. The summed E-state index contributed by atoms with van der Waals surface area (Å²) < 4.78 is 0. The molecule has 9 atom stereocenters. The van der Waals surface area contributed by atoms with Crippen molar-refractivity contribution >= 4 is 0 Å². The third kappa shape index (κ3) is 2.73. The van der Waals surface area contributed by atoms with Crippen molar-refractivity contribution in [1.82, 2.24) is 0 Å². The number of rotatable bonds is 3. The topological polar surface area (TPSA) is 40.5 Å². The van der Waals surface area contributed by atoms with E-state index in [9.17, 15) is 10.2 Å². The highest BCUT2D eigenvalue weighted by Crippen LogP contribution is 2.67. The number of hydrogen-bond donors (Lipinski definition) is 2. The van der Waals surface area contributed by atoms with Crippen molar-refractivity contribution in [2.24, 2.45) is 40.4 Å². The van der Waals surface area contributed by atoms with Gasteiger partial charge in [-0.1, -0.05) is 33.6 Å². The quantitative estimate of drug-likeness (QED) is 0.739. The zero-order chi connectivity index (χ0) is 17.8. The van der Waals surface area contributed by atoms with Crippen LogP contribution in [0.4, 0.5) is 0 Å². The Morgan fingerprint density at radius 1 is 0.880 bits per heavy atom. The molecule has 0 aromatic heterocycles. The van der Waals surface area contributed by atoms with Crippen LogP contribution in [0.2, 0.25) is 0 Å². The summed E-state index contributed by atoms with van der Waals surface area (Å²) in [5.41, 5.74) is 0.848. The van der Waals surface area contributed by atoms with Crippen LogP contribution in [-0.4, -0.2) is 22.4 Å². The molecule has 0 aromatic rings. The van der Waals surface area contributed by atoms with E-state index in [1.54, 1.807) is 0 Å². The zero-order valence-corrected chi connectivity index (χ0v) is 16.7. The molecule has 144 valence electrons. The third-order valence-corrected chi connectivity index (χ3v) is 9.76. The van der Waals surface area contributed by atoms with Gasteiger partial charge in [-0.15, -0.1) is 0 Å².